The lowest BCUT2D eigenvalue weighted by Crippen LogP contribution is -2.44. The van der Waals surface area contributed by atoms with Gasteiger partial charge in [-0.25, -0.2) is 9.59 Å². The lowest BCUT2D eigenvalue weighted by atomic mass is 10.0. The van der Waals surface area contributed by atoms with Gasteiger partial charge in [-0.05, 0) is 126 Å². The first-order valence-electron chi connectivity index (χ1n) is 29.1. The zero-order chi connectivity index (χ0) is 54.4. The van der Waals surface area contributed by atoms with E-state index in [2.05, 4.69) is 92.0 Å². The van der Waals surface area contributed by atoms with E-state index < -0.39 is 16.6 Å². The highest BCUT2D eigenvalue weighted by Gasteiger charge is 2.43. The maximum atomic E-state index is 12.4. The first-order valence-corrected chi connectivity index (χ1v) is 34.9. The Morgan fingerprint density at radius 2 is 0.905 bits per heavy atom. The van der Waals surface area contributed by atoms with Crippen molar-refractivity contribution in [2.75, 3.05) is 27.8 Å². The van der Waals surface area contributed by atoms with Crippen molar-refractivity contribution in [3.63, 3.8) is 0 Å². The van der Waals surface area contributed by atoms with Crippen LogP contribution in [0.3, 0.4) is 0 Å². The van der Waals surface area contributed by atoms with Gasteiger partial charge in [0.1, 0.15) is 38.0 Å². The maximum absolute atomic E-state index is 12.4. The van der Waals surface area contributed by atoms with Crippen LogP contribution >= 0.6 is 0 Å². The van der Waals surface area contributed by atoms with Crippen LogP contribution in [0.25, 0.3) is 0 Å². The number of ether oxygens (including phenoxy) is 8. The van der Waals surface area contributed by atoms with Gasteiger partial charge in [0.15, 0.2) is 16.6 Å². The molecule has 0 spiro atoms. The summed E-state index contributed by atoms with van der Waals surface area (Å²) in [7, 11) is -0.617. The molecule has 74 heavy (non-hydrogen) atoms. The number of allylic oxidation sites excluding steroid dienone is 2. The number of unbranched alkanes of at least 4 members (excludes halogenated alkanes) is 12. The Labute approximate surface area is 452 Å². The van der Waals surface area contributed by atoms with Crippen LogP contribution < -0.4 is 0 Å². The minimum Gasteiger partial charge on any atom is -0.455 e. The lowest BCUT2D eigenvalue weighted by Gasteiger charge is -2.39. The third-order valence-corrected chi connectivity index (χ3v) is 25.5. The van der Waals surface area contributed by atoms with Crippen molar-refractivity contribution in [1.82, 2.24) is 0 Å². The van der Waals surface area contributed by atoms with E-state index in [0.29, 0.717) is 12.8 Å². The van der Waals surface area contributed by atoms with Crippen molar-refractivity contribution in [2.45, 2.75) is 294 Å². The van der Waals surface area contributed by atoms with Gasteiger partial charge in [0, 0.05) is 50.4 Å². The van der Waals surface area contributed by atoms with Gasteiger partial charge in [0.25, 0.3) is 0 Å². The highest BCUT2D eigenvalue weighted by atomic mass is 28.4. The highest BCUT2D eigenvalue weighted by molar-refractivity contribution is 6.74. The van der Waals surface area contributed by atoms with E-state index in [0.717, 1.165) is 88.2 Å². The molecule has 0 unspecified atom stereocenters. The van der Waals surface area contributed by atoms with Gasteiger partial charge < -0.3 is 46.7 Å². The van der Waals surface area contributed by atoms with Crippen LogP contribution in [-0.4, -0.2) is 117 Å². The lowest BCUT2D eigenvalue weighted by molar-refractivity contribution is -0.141. The third kappa shape index (κ3) is 22.4. The van der Waals surface area contributed by atoms with Gasteiger partial charge >= 0.3 is 11.9 Å². The van der Waals surface area contributed by atoms with Crippen molar-refractivity contribution >= 4 is 28.6 Å². The van der Waals surface area contributed by atoms with E-state index >= 15 is 0 Å². The zero-order valence-corrected chi connectivity index (χ0v) is 51.1. The predicted molar refractivity (Wildman–Crippen MR) is 302 cm³/mol. The summed E-state index contributed by atoms with van der Waals surface area (Å²) in [5.41, 5.74) is 1.55. The van der Waals surface area contributed by atoms with Crippen molar-refractivity contribution in [2.24, 2.45) is 0 Å². The molecule has 10 atom stereocenters. The minimum atomic E-state index is -1.97. The second-order valence-electron chi connectivity index (χ2n) is 24.9. The average molecular weight is 1080 g/mol. The van der Waals surface area contributed by atoms with Gasteiger partial charge in [-0.1, -0.05) is 130 Å². The van der Waals surface area contributed by atoms with Gasteiger partial charge in [-0.2, -0.15) is 0 Å². The van der Waals surface area contributed by atoms with Crippen LogP contribution in [0.15, 0.2) is 47.6 Å². The molecule has 0 N–H and O–H groups in total. The normalized spacial score (nSPS) is 24.7. The molecule has 0 aromatic heterocycles. The molecule has 0 saturated carbocycles. The Kier molecular flexibility index (Phi) is 28.1. The Morgan fingerprint density at radius 3 is 1.23 bits per heavy atom. The Balaban J connectivity index is 1.12. The summed E-state index contributed by atoms with van der Waals surface area (Å²) in [5, 5.41) is 0.233. The summed E-state index contributed by atoms with van der Waals surface area (Å²) in [4.78, 5) is 24.8. The molecule has 0 aromatic rings. The number of hydrogen-bond acceptors (Lipinski definition) is 12. The van der Waals surface area contributed by atoms with Gasteiger partial charge in [0.05, 0.1) is 24.4 Å². The Bertz CT molecular complexity index is 1640. The van der Waals surface area contributed by atoms with Crippen molar-refractivity contribution in [3.05, 3.63) is 47.6 Å². The fraction of sp³-hybridized carbons (Fsp3) is 0.833. The number of methoxy groups -OCH3 is 2. The molecule has 426 valence electrons. The van der Waals surface area contributed by atoms with Gasteiger partial charge in [-0.15, -0.1) is 0 Å². The summed E-state index contributed by atoms with van der Waals surface area (Å²) in [6, 6.07) is 0. The Hall–Kier alpha value is -1.99. The number of esters is 2. The van der Waals surface area contributed by atoms with Crippen LogP contribution in [0.5, 0.6) is 0 Å². The first-order chi connectivity index (χ1) is 35.0. The van der Waals surface area contributed by atoms with Gasteiger partial charge in [-0.3, -0.25) is 0 Å². The summed E-state index contributed by atoms with van der Waals surface area (Å²) in [5.74, 6) is -0.365. The molecular weight excluding hydrogens is 969 g/mol. The summed E-state index contributed by atoms with van der Waals surface area (Å²) >= 11 is 0. The van der Waals surface area contributed by atoms with E-state index in [9.17, 15) is 9.59 Å². The standard InChI is InChI=1S/C60H106O12Si2/c1-45-39-47(57(61)67-45)41-49(71-73(11,12)59(3,4)5)31-27-23-19-15-17-21-25-29-33-51(65-43-63-9)53-35-37-55(69-53)56-38-36-54(70-56)52(66-44-64-10)34-30-26-22-18-16-20-24-28-32-50(72-74(13,14)60(6,7)8)42-48-40-46(2)68-58(48)62/h29-30,33-34,39-40,45-46,49-56H,15-28,31-32,35-38,41-44H2,1-14H3/b33-29+,34-30+/t45-,46-,49+,50+,51+,52+,53+,54+,55+,56+/m0/s1. The molecule has 2 saturated heterocycles. The molecule has 4 aliphatic heterocycles. The monoisotopic (exact) mass is 1070 g/mol. The number of carbonyl (C=O) groups excluding carboxylic acids is 2. The molecule has 0 aromatic carbocycles. The predicted octanol–water partition coefficient (Wildman–Crippen LogP) is 14.7. The molecule has 2 fully saturated rings. The molecule has 0 aliphatic carbocycles. The minimum absolute atomic E-state index is 0.0240. The highest BCUT2D eigenvalue weighted by Crippen LogP contribution is 2.41. The van der Waals surface area contributed by atoms with E-state index in [1.807, 2.05) is 26.0 Å². The van der Waals surface area contributed by atoms with Crippen LogP contribution in [0, 0.1) is 0 Å². The molecule has 12 nitrogen and oxygen atoms in total. The smallest absolute Gasteiger partial charge is 0.334 e. The molecule has 0 amide bonds. The second-order valence-corrected chi connectivity index (χ2v) is 34.4. The van der Waals surface area contributed by atoms with Crippen LogP contribution in [0.4, 0.5) is 0 Å². The van der Waals surface area contributed by atoms with Gasteiger partial charge in [0.2, 0.25) is 0 Å². The van der Waals surface area contributed by atoms with Crippen molar-refractivity contribution in [3.8, 4) is 0 Å². The Morgan fingerprint density at radius 1 is 0.554 bits per heavy atom. The molecule has 4 aliphatic rings. The summed E-state index contributed by atoms with van der Waals surface area (Å²) < 4.78 is 60.9. The van der Waals surface area contributed by atoms with E-state index in [4.69, 9.17) is 46.7 Å². The fourth-order valence-corrected chi connectivity index (χ4v) is 12.8. The quantitative estimate of drug-likeness (QED) is 0.0193. The first kappa shape index (κ1) is 64.5. The SMILES string of the molecule is COCO[C@H](/C=C/CCCCCCCC[C@H](CC1=C[C@H](C)OC1=O)O[Si](C)(C)C(C)(C)C)[C@H]1CC[C@H]([C@H]2CC[C@H]([C@@H](/C=C/CCCCCCCC[C@H](CC3=C[C@H](C)OC3=O)O[Si](C)(C)C(C)(C)C)OCOC)O2)O1. The average Bonchev–Trinajstić information content (AvgIpc) is 4.13. The third-order valence-electron chi connectivity index (χ3n) is 16.4. The van der Waals surface area contributed by atoms with Crippen molar-refractivity contribution < 1.29 is 56.3 Å². The largest absolute Gasteiger partial charge is 0.455 e. The molecule has 4 heterocycles. The van der Waals surface area contributed by atoms with E-state index in [1.54, 1.807) is 14.2 Å². The topological polar surface area (TPSA) is 126 Å². The van der Waals surface area contributed by atoms with Crippen LogP contribution in [-0.2, 0) is 56.3 Å². The second kappa shape index (κ2) is 32.2. The summed E-state index contributed by atoms with van der Waals surface area (Å²) in [6.45, 7) is 27.1. The van der Waals surface area contributed by atoms with E-state index in [-0.39, 0.29) is 96.6 Å². The molecule has 4 rings (SSSR count). The molecule has 0 radical (unpaired) electrons. The molecule has 14 heteroatoms. The number of hydrogen-bond donors (Lipinski definition) is 0. The summed E-state index contributed by atoms with van der Waals surface area (Å²) in [6.07, 6.45) is 35.3. The van der Waals surface area contributed by atoms with Crippen molar-refractivity contribution in [1.29, 1.82) is 0 Å². The molecular formula is C60H106O12Si2. The van der Waals surface area contributed by atoms with Crippen LogP contribution in [0.1, 0.15) is 197 Å². The van der Waals surface area contributed by atoms with E-state index in [1.165, 1.54) is 51.4 Å². The maximum Gasteiger partial charge on any atom is 0.334 e. The zero-order valence-electron chi connectivity index (χ0n) is 49.1. The molecule has 0 bridgehead atoms. The fourth-order valence-electron chi connectivity index (χ4n) is 10.1. The number of rotatable bonds is 37. The number of cyclic esters (lactones) is 2. The van der Waals surface area contributed by atoms with Crippen LogP contribution in [0.2, 0.25) is 36.3 Å². The number of carbonyl (C=O) groups is 2.